The van der Waals surface area contributed by atoms with Crippen LogP contribution in [0.3, 0.4) is 0 Å². The number of nitrogens with one attached hydrogen (secondary N) is 1. The first kappa shape index (κ1) is 21.9. The molecule has 4 rings (SSSR count). The van der Waals surface area contributed by atoms with Gasteiger partial charge in [-0.2, -0.15) is 0 Å². The fourth-order valence-corrected chi connectivity index (χ4v) is 3.32. The Balaban J connectivity index is 1.39. The summed E-state index contributed by atoms with van der Waals surface area (Å²) in [6.07, 6.45) is 1.54. The molecule has 0 spiro atoms. The van der Waals surface area contributed by atoms with E-state index < -0.39 is 0 Å². The number of hydrogen-bond acceptors (Lipinski definition) is 6. The van der Waals surface area contributed by atoms with E-state index >= 15 is 0 Å². The number of carbonyl (C=O) groups excluding carboxylic acids is 1. The standard InChI is InChI=1S/C25H23N3O5/c1-31-22-14-20-21(15-23(22)32-2)26-16-28(25(20)30)13-12-24(29)27-17-8-10-19(11-9-17)33-18-6-4-3-5-7-18/h3-11,14-16H,12-13H2,1-2H3,(H,27,29). The van der Waals surface area contributed by atoms with Gasteiger partial charge in [-0.05, 0) is 42.5 Å². The van der Waals surface area contributed by atoms with Gasteiger partial charge in [0.1, 0.15) is 11.5 Å². The predicted molar refractivity (Wildman–Crippen MR) is 125 cm³/mol. The largest absolute Gasteiger partial charge is 0.493 e. The van der Waals surface area contributed by atoms with E-state index in [1.54, 1.807) is 36.4 Å². The van der Waals surface area contributed by atoms with Crippen molar-refractivity contribution in [3.05, 3.63) is 83.4 Å². The summed E-state index contributed by atoms with van der Waals surface area (Å²) in [6, 6.07) is 19.8. The number of aromatic nitrogens is 2. The van der Waals surface area contributed by atoms with Gasteiger partial charge in [-0.1, -0.05) is 18.2 Å². The van der Waals surface area contributed by atoms with Crippen LogP contribution < -0.4 is 25.1 Å². The molecule has 33 heavy (non-hydrogen) atoms. The Morgan fingerprint density at radius 1 is 0.939 bits per heavy atom. The lowest BCUT2D eigenvalue weighted by atomic mass is 10.2. The molecular weight excluding hydrogens is 422 g/mol. The fraction of sp³-hybridized carbons (Fsp3) is 0.160. The van der Waals surface area contributed by atoms with E-state index in [0.29, 0.717) is 33.8 Å². The van der Waals surface area contributed by atoms with Crippen LogP contribution >= 0.6 is 0 Å². The molecular formula is C25H23N3O5. The molecule has 3 aromatic carbocycles. The number of fused-ring (bicyclic) bond motifs is 1. The van der Waals surface area contributed by atoms with Crippen LogP contribution in [0.4, 0.5) is 5.69 Å². The highest BCUT2D eigenvalue weighted by atomic mass is 16.5. The highest BCUT2D eigenvalue weighted by Crippen LogP contribution is 2.29. The summed E-state index contributed by atoms with van der Waals surface area (Å²) in [5.74, 6) is 2.12. The fourth-order valence-electron chi connectivity index (χ4n) is 3.32. The summed E-state index contributed by atoms with van der Waals surface area (Å²) < 4.78 is 17.7. The molecule has 0 aliphatic rings. The Hall–Kier alpha value is -4.33. The molecule has 0 saturated carbocycles. The average Bonchev–Trinajstić information content (AvgIpc) is 2.85. The number of anilines is 1. The van der Waals surface area contributed by atoms with Gasteiger partial charge in [0.25, 0.3) is 5.56 Å². The van der Waals surface area contributed by atoms with Crippen molar-refractivity contribution >= 4 is 22.5 Å². The summed E-state index contributed by atoms with van der Waals surface area (Å²) in [7, 11) is 3.02. The van der Waals surface area contributed by atoms with Crippen LogP contribution in [0.1, 0.15) is 6.42 Å². The molecule has 1 aromatic heterocycles. The Kier molecular flexibility index (Phi) is 6.54. The summed E-state index contributed by atoms with van der Waals surface area (Å²) in [5.41, 5.74) is 0.883. The number of rotatable bonds is 8. The van der Waals surface area contributed by atoms with Crippen LogP contribution in [0.2, 0.25) is 0 Å². The number of methoxy groups -OCH3 is 2. The minimum Gasteiger partial charge on any atom is -0.493 e. The van der Waals surface area contributed by atoms with Crippen LogP contribution in [0.25, 0.3) is 10.9 Å². The second-order valence-electron chi connectivity index (χ2n) is 7.21. The third kappa shape index (κ3) is 5.12. The monoisotopic (exact) mass is 445 g/mol. The van der Waals surface area contributed by atoms with Crippen molar-refractivity contribution in [2.75, 3.05) is 19.5 Å². The lowest BCUT2D eigenvalue weighted by Crippen LogP contribution is -2.23. The maximum atomic E-state index is 12.8. The molecule has 0 aliphatic heterocycles. The quantitative estimate of drug-likeness (QED) is 0.436. The van der Waals surface area contributed by atoms with Gasteiger partial charge >= 0.3 is 0 Å². The Bertz CT molecular complexity index is 1320. The minimum absolute atomic E-state index is 0.114. The second kappa shape index (κ2) is 9.86. The number of para-hydroxylation sites is 1. The molecule has 1 heterocycles. The molecule has 0 aliphatic carbocycles. The molecule has 0 unspecified atom stereocenters. The van der Waals surface area contributed by atoms with Gasteiger partial charge in [-0.25, -0.2) is 4.98 Å². The molecule has 0 radical (unpaired) electrons. The zero-order valence-corrected chi connectivity index (χ0v) is 18.3. The lowest BCUT2D eigenvalue weighted by molar-refractivity contribution is -0.116. The molecule has 4 aromatic rings. The van der Waals surface area contributed by atoms with Crippen LogP contribution in [0.5, 0.6) is 23.0 Å². The maximum Gasteiger partial charge on any atom is 0.261 e. The van der Waals surface area contributed by atoms with Gasteiger partial charge in [0.15, 0.2) is 11.5 Å². The summed E-state index contributed by atoms with van der Waals surface area (Å²) in [5, 5.41) is 3.22. The number of amides is 1. The third-order valence-corrected chi connectivity index (χ3v) is 5.03. The van der Waals surface area contributed by atoms with Crippen molar-refractivity contribution < 1.29 is 19.0 Å². The van der Waals surface area contributed by atoms with E-state index in [1.165, 1.54) is 25.1 Å². The van der Waals surface area contributed by atoms with Gasteiger partial charge < -0.3 is 19.5 Å². The molecule has 0 fully saturated rings. The number of aryl methyl sites for hydroxylation is 1. The number of benzene rings is 3. The number of hydrogen-bond donors (Lipinski definition) is 1. The van der Waals surface area contributed by atoms with Crippen LogP contribution in [0.15, 0.2) is 77.9 Å². The topological polar surface area (TPSA) is 91.7 Å². The first-order valence-corrected chi connectivity index (χ1v) is 10.3. The van der Waals surface area contributed by atoms with Gasteiger partial charge in [0.2, 0.25) is 5.91 Å². The van der Waals surface area contributed by atoms with Crippen molar-refractivity contribution in [2.24, 2.45) is 0 Å². The minimum atomic E-state index is -0.254. The smallest absolute Gasteiger partial charge is 0.261 e. The highest BCUT2D eigenvalue weighted by Gasteiger charge is 2.12. The molecule has 8 nitrogen and oxygen atoms in total. The molecule has 0 atom stereocenters. The second-order valence-corrected chi connectivity index (χ2v) is 7.21. The Labute approximate surface area is 190 Å². The van der Waals surface area contributed by atoms with E-state index in [2.05, 4.69) is 10.3 Å². The van der Waals surface area contributed by atoms with Gasteiger partial charge in [0, 0.05) is 24.7 Å². The summed E-state index contributed by atoms with van der Waals surface area (Å²) in [6.45, 7) is 0.192. The summed E-state index contributed by atoms with van der Waals surface area (Å²) >= 11 is 0. The highest BCUT2D eigenvalue weighted by molar-refractivity contribution is 5.90. The van der Waals surface area contributed by atoms with Crippen LogP contribution in [0, 0.1) is 0 Å². The van der Waals surface area contributed by atoms with E-state index in [9.17, 15) is 9.59 Å². The maximum absolute atomic E-state index is 12.8. The lowest BCUT2D eigenvalue weighted by Gasteiger charge is -2.11. The normalized spacial score (nSPS) is 10.6. The first-order valence-electron chi connectivity index (χ1n) is 10.3. The molecule has 8 heteroatoms. The van der Waals surface area contributed by atoms with Gasteiger partial charge in [-0.15, -0.1) is 0 Å². The van der Waals surface area contributed by atoms with Crippen molar-refractivity contribution in [1.29, 1.82) is 0 Å². The van der Waals surface area contributed by atoms with Crippen LogP contribution in [-0.2, 0) is 11.3 Å². The molecule has 168 valence electrons. The average molecular weight is 445 g/mol. The van der Waals surface area contributed by atoms with Crippen LogP contribution in [-0.4, -0.2) is 29.7 Å². The first-order chi connectivity index (χ1) is 16.1. The Morgan fingerprint density at radius 3 is 2.30 bits per heavy atom. The zero-order valence-electron chi connectivity index (χ0n) is 18.3. The third-order valence-electron chi connectivity index (χ3n) is 5.03. The number of carbonyl (C=O) groups is 1. The van der Waals surface area contributed by atoms with Gasteiger partial charge in [-0.3, -0.25) is 14.2 Å². The van der Waals surface area contributed by atoms with Crippen molar-refractivity contribution in [3.8, 4) is 23.0 Å². The molecule has 1 amide bonds. The zero-order chi connectivity index (χ0) is 23.2. The van der Waals surface area contributed by atoms with E-state index in [4.69, 9.17) is 14.2 Å². The Morgan fingerprint density at radius 2 is 1.61 bits per heavy atom. The van der Waals surface area contributed by atoms with Crippen molar-refractivity contribution in [1.82, 2.24) is 9.55 Å². The molecule has 0 saturated heterocycles. The van der Waals surface area contributed by atoms with Crippen molar-refractivity contribution in [2.45, 2.75) is 13.0 Å². The van der Waals surface area contributed by atoms with Gasteiger partial charge in [0.05, 0.1) is 31.4 Å². The van der Waals surface area contributed by atoms with E-state index in [0.717, 1.165) is 5.75 Å². The van der Waals surface area contributed by atoms with E-state index in [-0.39, 0.29) is 24.4 Å². The number of nitrogens with zero attached hydrogens (tertiary/aromatic N) is 2. The summed E-state index contributed by atoms with van der Waals surface area (Å²) in [4.78, 5) is 29.6. The van der Waals surface area contributed by atoms with Crippen molar-refractivity contribution in [3.63, 3.8) is 0 Å². The predicted octanol–water partition coefficient (Wildman–Crippen LogP) is 4.23. The number of ether oxygens (including phenoxy) is 3. The SMILES string of the molecule is COc1cc2ncn(CCC(=O)Nc3ccc(Oc4ccccc4)cc3)c(=O)c2cc1OC. The molecule has 1 N–H and O–H groups in total. The molecule has 0 bridgehead atoms. The van der Waals surface area contributed by atoms with E-state index in [1.807, 2.05) is 30.3 Å².